The number of halogens is 3. The average molecular weight is 646 g/mol. The molecular formula is C33H38F3N3O5S. The van der Waals surface area contributed by atoms with Crippen LogP contribution in [-0.4, -0.2) is 50.9 Å². The van der Waals surface area contributed by atoms with Crippen molar-refractivity contribution in [1.29, 1.82) is 0 Å². The van der Waals surface area contributed by atoms with E-state index >= 15 is 0 Å². The van der Waals surface area contributed by atoms with Crippen molar-refractivity contribution in [2.45, 2.75) is 75.7 Å². The molecule has 0 radical (unpaired) electrons. The number of hydrogen-bond acceptors (Lipinski definition) is 5. The molecule has 1 aliphatic carbocycles. The Morgan fingerprint density at radius 3 is 2.29 bits per heavy atom. The average Bonchev–Trinajstić information content (AvgIpc) is 3.52. The van der Waals surface area contributed by atoms with Crippen LogP contribution >= 0.6 is 0 Å². The minimum absolute atomic E-state index is 0.0242. The first-order valence-corrected chi connectivity index (χ1v) is 16.3. The zero-order valence-corrected chi connectivity index (χ0v) is 26.3. The largest absolute Gasteiger partial charge is 0.497 e. The van der Waals surface area contributed by atoms with Crippen molar-refractivity contribution in [3.8, 4) is 5.75 Å². The molecule has 3 aromatic carbocycles. The van der Waals surface area contributed by atoms with Gasteiger partial charge >= 0.3 is 6.18 Å². The van der Waals surface area contributed by atoms with Crippen LogP contribution in [0.4, 0.5) is 18.9 Å². The van der Waals surface area contributed by atoms with Crippen molar-refractivity contribution in [2.75, 3.05) is 18.0 Å². The molecule has 3 aromatic rings. The number of methoxy groups -OCH3 is 1. The standard InChI is InChI=1S/C33H38F3N3O5S/c1-4-30(32(41)37-26-11-5-6-12-26)38(21-24-9-7-14-28(19-24)44-3)31(40)22-39(27-13-8-10-25(20-27)33(34,35)36)45(42,43)29-17-15-23(2)16-18-29/h7-10,13-20,26,30H,4-6,11-12,21-22H2,1-3H3,(H,37,41)/t30-/m0/s1. The van der Waals surface area contributed by atoms with Gasteiger partial charge in [-0.15, -0.1) is 0 Å². The lowest BCUT2D eigenvalue weighted by Gasteiger charge is -2.34. The molecule has 2 amide bonds. The van der Waals surface area contributed by atoms with Gasteiger partial charge in [0.15, 0.2) is 0 Å². The maximum absolute atomic E-state index is 14.2. The van der Waals surface area contributed by atoms with Gasteiger partial charge in [0.25, 0.3) is 10.0 Å². The Morgan fingerprint density at radius 2 is 1.67 bits per heavy atom. The topological polar surface area (TPSA) is 96.0 Å². The number of sulfonamides is 1. The zero-order chi connectivity index (χ0) is 32.8. The highest BCUT2D eigenvalue weighted by Crippen LogP contribution is 2.33. The van der Waals surface area contributed by atoms with E-state index in [1.807, 2.05) is 0 Å². The van der Waals surface area contributed by atoms with Crippen LogP contribution in [0.2, 0.25) is 0 Å². The van der Waals surface area contributed by atoms with E-state index < -0.39 is 40.3 Å². The van der Waals surface area contributed by atoms with Gasteiger partial charge in [0.2, 0.25) is 11.8 Å². The van der Waals surface area contributed by atoms with E-state index in [2.05, 4.69) is 5.32 Å². The van der Waals surface area contributed by atoms with Crippen molar-refractivity contribution in [3.63, 3.8) is 0 Å². The lowest BCUT2D eigenvalue weighted by atomic mass is 10.1. The van der Waals surface area contributed by atoms with Crippen LogP contribution in [0.15, 0.2) is 77.7 Å². The zero-order valence-electron chi connectivity index (χ0n) is 25.5. The highest BCUT2D eigenvalue weighted by Gasteiger charge is 2.36. The summed E-state index contributed by atoms with van der Waals surface area (Å²) in [6.07, 6.45) is -0.909. The van der Waals surface area contributed by atoms with E-state index in [1.165, 1.54) is 30.2 Å². The molecule has 1 atom stereocenters. The number of carbonyl (C=O) groups is 2. The number of carbonyl (C=O) groups excluding carboxylic acids is 2. The molecule has 0 aromatic heterocycles. The van der Waals surface area contributed by atoms with Gasteiger partial charge in [-0.1, -0.05) is 55.7 Å². The molecule has 242 valence electrons. The third kappa shape index (κ3) is 8.36. The molecule has 1 fully saturated rings. The van der Waals surface area contributed by atoms with Gasteiger partial charge in [-0.3, -0.25) is 13.9 Å². The number of aryl methyl sites for hydroxylation is 1. The monoisotopic (exact) mass is 645 g/mol. The fourth-order valence-electron chi connectivity index (χ4n) is 5.46. The van der Waals surface area contributed by atoms with Crippen molar-refractivity contribution in [2.24, 2.45) is 0 Å². The molecule has 1 saturated carbocycles. The van der Waals surface area contributed by atoms with E-state index in [9.17, 15) is 31.2 Å². The summed E-state index contributed by atoms with van der Waals surface area (Å²) in [5.74, 6) is -0.595. The van der Waals surface area contributed by atoms with E-state index in [1.54, 1.807) is 50.2 Å². The number of nitrogens with one attached hydrogen (secondary N) is 1. The third-order valence-corrected chi connectivity index (χ3v) is 9.71. The number of benzene rings is 3. The molecule has 0 bridgehead atoms. The Labute approximate surface area is 262 Å². The number of ether oxygens (including phenoxy) is 1. The lowest BCUT2D eigenvalue weighted by Crippen LogP contribution is -2.53. The number of amides is 2. The third-order valence-electron chi connectivity index (χ3n) is 7.92. The molecule has 1 N–H and O–H groups in total. The summed E-state index contributed by atoms with van der Waals surface area (Å²) in [5.41, 5.74) is 0.0108. The van der Waals surface area contributed by atoms with Crippen molar-refractivity contribution < 1.29 is 35.9 Å². The quantitative estimate of drug-likeness (QED) is 0.258. The number of anilines is 1. The Balaban J connectivity index is 1.77. The van der Waals surface area contributed by atoms with E-state index in [0.717, 1.165) is 43.4 Å². The van der Waals surface area contributed by atoms with Crippen LogP contribution in [0.1, 0.15) is 55.7 Å². The van der Waals surface area contributed by atoms with Gasteiger partial charge in [-0.25, -0.2) is 8.42 Å². The van der Waals surface area contributed by atoms with Crippen LogP contribution in [0.3, 0.4) is 0 Å². The smallest absolute Gasteiger partial charge is 0.416 e. The number of nitrogens with zero attached hydrogens (tertiary/aromatic N) is 2. The predicted molar refractivity (Wildman–Crippen MR) is 165 cm³/mol. The Kier molecular flexibility index (Phi) is 10.8. The van der Waals surface area contributed by atoms with Gasteiger partial charge in [-0.2, -0.15) is 13.2 Å². The first-order chi connectivity index (χ1) is 21.3. The van der Waals surface area contributed by atoms with Gasteiger partial charge in [0, 0.05) is 12.6 Å². The summed E-state index contributed by atoms with van der Waals surface area (Å²) >= 11 is 0. The van der Waals surface area contributed by atoms with Crippen LogP contribution in [0.5, 0.6) is 5.75 Å². The number of alkyl halides is 3. The second-order valence-corrected chi connectivity index (χ2v) is 13.0. The van der Waals surface area contributed by atoms with Gasteiger partial charge in [0.1, 0.15) is 18.3 Å². The second-order valence-electron chi connectivity index (χ2n) is 11.2. The summed E-state index contributed by atoms with van der Waals surface area (Å²) in [4.78, 5) is 28.9. The van der Waals surface area contributed by atoms with Gasteiger partial charge in [0.05, 0.1) is 23.3 Å². The summed E-state index contributed by atoms with van der Waals surface area (Å²) < 4.78 is 75.1. The molecule has 0 saturated heterocycles. The van der Waals surface area contributed by atoms with Crippen LogP contribution in [0, 0.1) is 6.92 Å². The van der Waals surface area contributed by atoms with E-state index in [-0.39, 0.29) is 35.5 Å². The Morgan fingerprint density at radius 1 is 1.00 bits per heavy atom. The molecule has 1 aliphatic rings. The van der Waals surface area contributed by atoms with Crippen LogP contribution < -0.4 is 14.4 Å². The van der Waals surface area contributed by atoms with E-state index in [0.29, 0.717) is 21.7 Å². The fraction of sp³-hybridized carbons (Fsp3) is 0.394. The molecular weight excluding hydrogens is 607 g/mol. The number of hydrogen-bond donors (Lipinski definition) is 1. The lowest BCUT2D eigenvalue weighted by molar-refractivity contribution is -0.140. The molecule has 0 aliphatic heterocycles. The van der Waals surface area contributed by atoms with Crippen molar-refractivity contribution in [1.82, 2.24) is 10.2 Å². The summed E-state index contributed by atoms with van der Waals surface area (Å²) in [7, 11) is -3.02. The summed E-state index contributed by atoms with van der Waals surface area (Å²) in [6, 6.07) is 15.6. The first kappa shape index (κ1) is 33.8. The molecule has 0 unspecified atom stereocenters. The maximum atomic E-state index is 14.2. The minimum Gasteiger partial charge on any atom is -0.497 e. The molecule has 45 heavy (non-hydrogen) atoms. The summed E-state index contributed by atoms with van der Waals surface area (Å²) in [5, 5.41) is 3.03. The highest BCUT2D eigenvalue weighted by atomic mass is 32.2. The molecule has 4 rings (SSSR count). The predicted octanol–water partition coefficient (Wildman–Crippen LogP) is 6.08. The SMILES string of the molecule is CC[C@@H](C(=O)NC1CCCC1)N(Cc1cccc(OC)c1)C(=O)CN(c1cccc(C(F)(F)F)c1)S(=O)(=O)c1ccc(C)cc1. The molecule has 12 heteroatoms. The van der Waals surface area contributed by atoms with Crippen molar-refractivity contribution >= 4 is 27.5 Å². The fourth-order valence-corrected chi connectivity index (χ4v) is 6.86. The highest BCUT2D eigenvalue weighted by molar-refractivity contribution is 7.92. The summed E-state index contributed by atoms with van der Waals surface area (Å²) in [6.45, 7) is 2.61. The Bertz CT molecular complexity index is 1590. The number of rotatable bonds is 12. The van der Waals surface area contributed by atoms with Crippen molar-refractivity contribution in [3.05, 3.63) is 89.5 Å². The second kappa shape index (κ2) is 14.4. The van der Waals surface area contributed by atoms with Gasteiger partial charge < -0.3 is 15.0 Å². The van der Waals surface area contributed by atoms with E-state index in [4.69, 9.17) is 4.74 Å². The normalized spacial score (nSPS) is 14.5. The molecule has 0 spiro atoms. The molecule has 8 nitrogen and oxygen atoms in total. The first-order valence-electron chi connectivity index (χ1n) is 14.8. The minimum atomic E-state index is -4.75. The maximum Gasteiger partial charge on any atom is 0.416 e. The van der Waals surface area contributed by atoms with Crippen LogP contribution in [-0.2, 0) is 32.3 Å². The van der Waals surface area contributed by atoms with Gasteiger partial charge in [-0.05, 0) is 74.2 Å². The molecule has 0 heterocycles. The Hall–Kier alpha value is -4.06. The van der Waals surface area contributed by atoms with Crippen LogP contribution in [0.25, 0.3) is 0 Å².